The number of nitrogens with one attached hydrogen (secondary N) is 2. The number of ether oxygens (including phenoxy) is 1. The first-order valence-corrected chi connectivity index (χ1v) is 11.7. The van der Waals surface area contributed by atoms with Crippen molar-refractivity contribution in [2.45, 2.75) is 24.7 Å². The van der Waals surface area contributed by atoms with Gasteiger partial charge in [-0.05, 0) is 34.2 Å². The SMILES string of the molecule is O=C(O)CCCNC(=O)C(CNC(=O)OCC1c2ccccc2-c2ccccc21)c1ccccc1. The summed E-state index contributed by atoms with van der Waals surface area (Å²) in [4.78, 5) is 36.1. The van der Waals surface area contributed by atoms with Gasteiger partial charge in [0.05, 0.1) is 5.92 Å². The molecule has 0 fully saturated rings. The molecule has 0 radical (unpaired) electrons. The van der Waals surface area contributed by atoms with Crippen molar-refractivity contribution in [3.05, 3.63) is 95.6 Å². The summed E-state index contributed by atoms with van der Waals surface area (Å²) < 4.78 is 5.58. The van der Waals surface area contributed by atoms with Crippen molar-refractivity contribution in [2.75, 3.05) is 19.7 Å². The first kappa shape index (κ1) is 24.0. The largest absolute Gasteiger partial charge is 0.481 e. The molecule has 3 aromatic carbocycles. The minimum Gasteiger partial charge on any atom is -0.481 e. The quantitative estimate of drug-likeness (QED) is 0.382. The highest BCUT2D eigenvalue weighted by atomic mass is 16.5. The zero-order valence-electron chi connectivity index (χ0n) is 19.3. The minimum atomic E-state index is -0.907. The molecule has 35 heavy (non-hydrogen) atoms. The van der Waals surface area contributed by atoms with Crippen molar-refractivity contribution in [3.8, 4) is 11.1 Å². The molecule has 1 unspecified atom stereocenters. The van der Waals surface area contributed by atoms with E-state index in [2.05, 4.69) is 34.9 Å². The number of carboxylic acids is 1. The van der Waals surface area contributed by atoms with E-state index in [1.165, 1.54) is 0 Å². The van der Waals surface area contributed by atoms with Crippen LogP contribution >= 0.6 is 0 Å². The summed E-state index contributed by atoms with van der Waals surface area (Å²) in [6, 6.07) is 25.4. The maximum atomic E-state index is 12.8. The minimum absolute atomic E-state index is 0.0196. The third-order valence-corrected chi connectivity index (χ3v) is 6.18. The predicted molar refractivity (Wildman–Crippen MR) is 132 cm³/mol. The maximum absolute atomic E-state index is 12.8. The van der Waals surface area contributed by atoms with Crippen LogP contribution in [0.25, 0.3) is 11.1 Å². The van der Waals surface area contributed by atoms with Gasteiger partial charge >= 0.3 is 12.1 Å². The zero-order chi connectivity index (χ0) is 24.6. The fraction of sp³-hybridized carbons (Fsp3) is 0.250. The highest BCUT2D eigenvalue weighted by Gasteiger charge is 2.29. The van der Waals surface area contributed by atoms with Gasteiger partial charge in [-0.25, -0.2) is 4.79 Å². The Hall–Kier alpha value is -4.13. The van der Waals surface area contributed by atoms with Crippen LogP contribution in [0.2, 0.25) is 0 Å². The van der Waals surface area contributed by atoms with E-state index in [-0.39, 0.29) is 37.9 Å². The van der Waals surface area contributed by atoms with E-state index in [0.717, 1.165) is 27.8 Å². The normalized spacial score (nSPS) is 12.8. The third kappa shape index (κ3) is 5.87. The van der Waals surface area contributed by atoms with Gasteiger partial charge in [0.15, 0.2) is 0 Å². The zero-order valence-corrected chi connectivity index (χ0v) is 19.3. The molecule has 0 heterocycles. The molecule has 3 N–H and O–H groups in total. The lowest BCUT2D eigenvalue weighted by Gasteiger charge is -2.19. The van der Waals surface area contributed by atoms with Gasteiger partial charge < -0.3 is 20.5 Å². The summed E-state index contributed by atoms with van der Waals surface area (Å²) in [5.41, 5.74) is 5.32. The van der Waals surface area contributed by atoms with Gasteiger partial charge in [0, 0.05) is 25.4 Å². The Morgan fingerprint density at radius 1 is 0.829 bits per heavy atom. The van der Waals surface area contributed by atoms with Gasteiger partial charge in [-0.3, -0.25) is 9.59 Å². The number of carbonyl (C=O) groups excluding carboxylic acids is 2. The summed E-state index contributed by atoms with van der Waals surface area (Å²) in [6.07, 6.45) is -0.275. The molecule has 1 aliphatic rings. The van der Waals surface area contributed by atoms with Crippen LogP contribution in [0, 0.1) is 0 Å². The molecule has 7 heteroatoms. The molecule has 0 bridgehead atoms. The van der Waals surface area contributed by atoms with Gasteiger partial charge in [-0.1, -0.05) is 78.9 Å². The topological polar surface area (TPSA) is 105 Å². The summed E-state index contributed by atoms with van der Waals surface area (Å²) in [5, 5.41) is 14.3. The van der Waals surface area contributed by atoms with E-state index in [1.54, 1.807) is 0 Å². The van der Waals surface area contributed by atoms with Crippen molar-refractivity contribution >= 4 is 18.0 Å². The molecule has 0 saturated heterocycles. The van der Waals surface area contributed by atoms with Crippen molar-refractivity contribution in [1.82, 2.24) is 10.6 Å². The summed E-state index contributed by atoms with van der Waals surface area (Å²) in [6.45, 7) is 0.502. The first-order valence-electron chi connectivity index (χ1n) is 11.7. The second-order valence-corrected chi connectivity index (χ2v) is 8.46. The molecule has 1 aliphatic carbocycles. The number of amides is 2. The monoisotopic (exact) mass is 472 g/mol. The van der Waals surface area contributed by atoms with Crippen molar-refractivity contribution in [1.29, 1.82) is 0 Å². The Balaban J connectivity index is 1.36. The van der Waals surface area contributed by atoms with Gasteiger partial charge in [0.25, 0.3) is 0 Å². The molecule has 1 atom stereocenters. The third-order valence-electron chi connectivity index (χ3n) is 6.18. The van der Waals surface area contributed by atoms with Crippen LogP contribution in [0.3, 0.4) is 0 Å². The lowest BCUT2D eigenvalue weighted by atomic mass is 9.98. The van der Waals surface area contributed by atoms with Crippen LogP contribution in [-0.4, -0.2) is 42.8 Å². The number of benzene rings is 3. The number of hydrogen-bond acceptors (Lipinski definition) is 4. The van der Waals surface area contributed by atoms with Crippen LogP contribution in [0.4, 0.5) is 4.79 Å². The fourth-order valence-corrected chi connectivity index (χ4v) is 4.46. The molecular weight excluding hydrogens is 444 g/mol. The Kier molecular flexibility index (Phi) is 7.77. The molecule has 4 rings (SSSR count). The molecule has 7 nitrogen and oxygen atoms in total. The van der Waals surface area contributed by atoms with E-state index < -0.39 is 18.0 Å². The van der Waals surface area contributed by atoms with E-state index in [4.69, 9.17) is 9.84 Å². The Morgan fingerprint density at radius 3 is 2.06 bits per heavy atom. The van der Waals surface area contributed by atoms with Crippen molar-refractivity contribution in [3.63, 3.8) is 0 Å². The van der Waals surface area contributed by atoms with Gasteiger partial charge in [0.2, 0.25) is 5.91 Å². The standard InChI is InChI=1S/C28H28N2O5/c31-26(32)15-8-16-29-27(33)24(19-9-2-1-3-10-19)17-30-28(34)35-18-25-22-13-6-4-11-20(22)21-12-5-7-14-23(21)25/h1-7,9-14,24-25H,8,15-18H2,(H,29,33)(H,30,34)(H,31,32). The maximum Gasteiger partial charge on any atom is 0.407 e. The predicted octanol–water partition coefficient (Wildman–Crippen LogP) is 4.29. The molecule has 2 amide bonds. The highest BCUT2D eigenvalue weighted by Crippen LogP contribution is 2.44. The Labute approximate surface area is 204 Å². The lowest BCUT2D eigenvalue weighted by molar-refractivity contribution is -0.137. The second-order valence-electron chi connectivity index (χ2n) is 8.46. The molecule has 180 valence electrons. The molecular formula is C28H28N2O5. The van der Waals surface area contributed by atoms with Gasteiger partial charge in [-0.15, -0.1) is 0 Å². The average Bonchev–Trinajstić information content (AvgIpc) is 3.20. The molecule has 0 aromatic heterocycles. The lowest BCUT2D eigenvalue weighted by Crippen LogP contribution is -2.38. The van der Waals surface area contributed by atoms with Crippen LogP contribution < -0.4 is 10.6 Å². The summed E-state index contributed by atoms with van der Waals surface area (Å²) in [7, 11) is 0. The van der Waals surface area contributed by atoms with Gasteiger partial charge in [-0.2, -0.15) is 0 Å². The molecule has 0 saturated carbocycles. The number of aliphatic carboxylic acids is 1. The van der Waals surface area contributed by atoms with Crippen LogP contribution in [0.5, 0.6) is 0 Å². The first-order chi connectivity index (χ1) is 17.0. The number of hydrogen-bond donors (Lipinski definition) is 3. The van der Waals surface area contributed by atoms with Gasteiger partial charge in [0.1, 0.15) is 6.61 Å². The number of rotatable bonds is 10. The number of carbonyl (C=O) groups is 3. The average molecular weight is 473 g/mol. The van der Waals surface area contributed by atoms with Crippen molar-refractivity contribution in [2.24, 2.45) is 0 Å². The van der Waals surface area contributed by atoms with E-state index in [1.807, 2.05) is 54.6 Å². The summed E-state index contributed by atoms with van der Waals surface area (Å²) >= 11 is 0. The Bertz CT molecular complexity index is 1150. The van der Waals surface area contributed by atoms with Crippen LogP contribution in [0.1, 0.15) is 41.4 Å². The smallest absolute Gasteiger partial charge is 0.407 e. The van der Waals surface area contributed by atoms with E-state index in [0.29, 0.717) is 6.42 Å². The van der Waals surface area contributed by atoms with Crippen LogP contribution in [0.15, 0.2) is 78.9 Å². The van der Waals surface area contributed by atoms with E-state index >= 15 is 0 Å². The molecule has 0 spiro atoms. The van der Waals surface area contributed by atoms with Crippen LogP contribution in [-0.2, 0) is 14.3 Å². The Morgan fingerprint density at radius 2 is 1.43 bits per heavy atom. The number of fused-ring (bicyclic) bond motifs is 3. The molecule has 3 aromatic rings. The molecule has 0 aliphatic heterocycles. The second kappa shape index (κ2) is 11.3. The number of carboxylic acid groups (broad SMARTS) is 1. The van der Waals surface area contributed by atoms with Crippen molar-refractivity contribution < 1.29 is 24.2 Å². The fourth-order valence-electron chi connectivity index (χ4n) is 4.46. The number of alkyl carbamates (subject to hydrolysis) is 1. The summed E-state index contributed by atoms with van der Waals surface area (Å²) in [5.74, 6) is -1.85. The van der Waals surface area contributed by atoms with E-state index in [9.17, 15) is 14.4 Å². The highest BCUT2D eigenvalue weighted by molar-refractivity contribution is 5.84.